The van der Waals surface area contributed by atoms with Gasteiger partial charge >= 0.3 is 0 Å². The zero-order chi connectivity index (χ0) is 18.8. The predicted octanol–water partition coefficient (Wildman–Crippen LogP) is 4.03. The zero-order valence-corrected chi connectivity index (χ0v) is 16.3. The molecule has 0 spiro atoms. The number of hydrogen-bond acceptors (Lipinski definition) is 5. The molecule has 0 unspecified atom stereocenters. The molecule has 6 nitrogen and oxygen atoms in total. The van der Waals surface area contributed by atoms with Crippen LogP contribution in [0.5, 0.6) is 0 Å². The molecule has 6 heteroatoms. The van der Waals surface area contributed by atoms with Gasteiger partial charge in [-0.1, -0.05) is 24.4 Å². The van der Waals surface area contributed by atoms with Crippen LogP contribution in [0.2, 0.25) is 0 Å². The van der Waals surface area contributed by atoms with Crippen molar-refractivity contribution in [3.63, 3.8) is 0 Å². The van der Waals surface area contributed by atoms with E-state index in [4.69, 9.17) is 9.51 Å². The highest BCUT2D eigenvalue weighted by atomic mass is 16.5. The van der Waals surface area contributed by atoms with Gasteiger partial charge in [0.25, 0.3) is 0 Å². The number of rotatable bonds is 3. The van der Waals surface area contributed by atoms with Gasteiger partial charge in [0.15, 0.2) is 5.76 Å². The summed E-state index contributed by atoms with van der Waals surface area (Å²) in [5, 5.41) is 4.01. The van der Waals surface area contributed by atoms with Crippen LogP contribution in [0.25, 0.3) is 11.3 Å². The Morgan fingerprint density at radius 1 is 1.11 bits per heavy atom. The van der Waals surface area contributed by atoms with E-state index in [2.05, 4.69) is 15.0 Å². The number of carbonyl (C=O) groups excluding carboxylic acids is 1. The molecular weight excluding hydrogens is 340 g/mol. The third kappa shape index (κ3) is 3.89. The van der Waals surface area contributed by atoms with E-state index in [0.717, 1.165) is 67.3 Å². The first kappa shape index (κ1) is 18.1. The summed E-state index contributed by atoms with van der Waals surface area (Å²) in [4.78, 5) is 24.0. The van der Waals surface area contributed by atoms with Crippen LogP contribution in [-0.4, -0.2) is 39.0 Å². The fraction of sp³-hybridized carbons (Fsp3) is 0.619. The van der Waals surface area contributed by atoms with E-state index < -0.39 is 0 Å². The largest absolute Gasteiger partial charge is 0.356 e. The lowest BCUT2D eigenvalue weighted by Gasteiger charge is -2.35. The van der Waals surface area contributed by atoms with Crippen LogP contribution >= 0.6 is 0 Å². The van der Waals surface area contributed by atoms with Gasteiger partial charge in [-0.15, -0.1) is 0 Å². The molecule has 2 aromatic rings. The van der Waals surface area contributed by atoms with Crippen molar-refractivity contribution in [1.29, 1.82) is 0 Å². The molecule has 1 saturated carbocycles. The number of likely N-dealkylation sites (tertiary alicyclic amines) is 1. The van der Waals surface area contributed by atoms with Crippen LogP contribution in [0, 0.1) is 19.8 Å². The van der Waals surface area contributed by atoms with Crippen molar-refractivity contribution in [1.82, 2.24) is 20.0 Å². The van der Waals surface area contributed by atoms with Gasteiger partial charge in [0.1, 0.15) is 5.82 Å². The lowest BCUT2D eigenvalue weighted by Crippen LogP contribution is -2.42. The summed E-state index contributed by atoms with van der Waals surface area (Å²) >= 11 is 0. The molecule has 27 heavy (non-hydrogen) atoms. The molecule has 0 aromatic carbocycles. The van der Waals surface area contributed by atoms with Crippen molar-refractivity contribution in [3.05, 3.63) is 29.5 Å². The third-order valence-electron chi connectivity index (χ3n) is 5.98. The summed E-state index contributed by atoms with van der Waals surface area (Å²) in [6, 6.07) is 1.93. The van der Waals surface area contributed by atoms with E-state index in [-0.39, 0.29) is 5.92 Å². The summed E-state index contributed by atoms with van der Waals surface area (Å²) in [5.74, 6) is 2.44. The number of nitrogens with zero attached hydrogens (tertiary/aromatic N) is 4. The van der Waals surface area contributed by atoms with Crippen molar-refractivity contribution < 1.29 is 9.32 Å². The van der Waals surface area contributed by atoms with Gasteiger partial charge in [0.05, 0.1) is 17.0 Å². The summed E-state index contributed by atoms with van der Waals surface area (Å²) in [6.45, 7) is 5.47. The number of carbonyl (C=O) groups is 1. The quantitative estimate of drug-likeness (QED) is 0.818. The molecular formula is C21H28N4O2. The topological polar surface area (TPSA) is 72.1 Å². The molecule has 144 valence electrons. The number of aromatic nitrogens is 3. The third-order valence-corrected chi connectivity index (χ3v) is 5.98. The highest BCUT2D eigenvalue weighted by molar-refractivity contribution is 5.79. The smallest absolute Gasteiger partial charge is 0.225 e. The summed E-state index contributed by atoms with van der Waals surface area (Å²) in [5.41, 5.74) is 2.81. The van der Waals surface area contributed by atoms with E-state index in [0.29, 0.717) is 11.8 Å². The summed E-state index contributed by atoms with van der Waals surface area (Å²) < 4.78 is 5.47. The number of aryl methyl sites for hydroxylation is 2. The maximum Gasteiger partial charge on any atom is 0.225 e. The highest BCUT2D eigenvalue weighted by Gasteiger charge is 2.31. The van der Waals surface area contributed by atoms with Crippen molar-refractivity contribution >= 4 is 5.91 Å². The Bertz CT molecular complexity index is 802. The van der Waals surface area contributed by atoms with Crippen molar-refractivity contribution in [3.8, 4) is 11.3 Å². The Morgan fingerprint density at radius 3 is 2.52 bits per heavy atom. The predicted molar refractivity (Wildman–Crippen MR) is 102 cm³/mol. The van der Waals surface area contributed by atoms with Gasteiger partial charge in [0.2, 0.25) is 5.91 Å². The lowest BCUT2D eigenvalue weighted by molar-refractivity contribution is -0.137. The van der Waals surface area contributed by atoms with Crippen LogP contribution < -0.4 is 0 Å². The Labute approximate surface area is 160 Å². The molecule has 1 aliphatic carbocycles. The van der Waals surface area contributed by atoms with Gasteiger partial charge < -0.3 is 9.42 Å². The SMILES string of the molecule is Cc1cc(-c2cnc(C)nc2C2CCN(C(=O)C3CCCCC3)CC2)on1. The van der Waals surface area contributed by atoms with E-state index in [1.54, 1.807) is 0 Å². The molecule has 2 aromatic heterocycles. The van der Waals surface area contributed by atoms with Gasteiger partial charge in [-0.05, 0) is 39.5 Å². The Balaban J connectivity index is 1.48. The first-order valence-corrected chi connectivity index (χ1v) is 10.2. The normalized spacial score (nSPS) is 19.4. The molecule has 0 radical (unpaired) electrons. The Hall–Kier alpha value is -2.24. The second-order valence-electron chi connectivity index (χ2n) is 7.98. The molecule has 1 amide bonds. The molecule has 2 fully saturated rings. The molecule has 1 aliphatic heterocycles. The van der Waals surface area contributed by atoms with E-state index >= 15 is 0 Å². The minimum Gasteiger partial charge on any atom is -0.356 e. The molecule has 0 atom stereocenters. The van der Waals surface area contributed by atoms with Crippen LogP contribution in [0.1, 0.15) is 68.1 Å². The molecule has 1 saturated heterocycles. The average molecular weight is 368 g/mol. The van der Waals surface area contributed by atoms with Gasteiger partial charge in [-0.25, -0.2) is 9.97 Å². The first-order valence-electron chi connectivity index (χ1n) is 10.2. The lowest BCUT2D eigenvalue weighted by atomic mass is 9.86. The van der Waals surface area contributed by atoms with Gasteiger partial charge in [0, 0.05) is 37.2 Å². The minimum absolute atomic E-state index is 0.254. The fourth-order valence-electron chi connectivity index (χ4n) is 4.46. The molecule has 3 heterocycles. The maximum atomic E-state index is 12.8. The van der Waals surface area contributed by atoms with Crippen LogP contribution in [0.3, 0.4) is 0 Å². The van der Waals surface area contributed by atoms with E-state index in [1.807, 2.05) is 26.1 Å². The van der Waals surface area contributed by atoms with Crippen LogP contribution in [0.15, 0.2) is 16.8 Å². The first-order chi connectivity index (χ1) is 13.1. The molecule has 4 rings (SSSR count). The van der Waals surface area contributed by atoms with Crippen LogP contribution in [0.4, 0.5) is 0 Å². The van der Waals surface area contributed by atoms with Crippen molar-refractivity contribution in [2.45, 2.75) is 64.7 Å². The molecule has 2 aliphatic rings. The molecule has 0 bridgehead atoms. The van der Waals surface area contributed by atoms with Crippen molar-refractivity contribution in [2.75, 3.05) is 13.1 Å². The Morgan fingerprint density at radius 2 is 1.85 bits per heavy atom. The number of piperidine rings is 1. The highest BCUT2D eigenvalue weighted by Crippen LogP contribution is 2.35. The summed E-state index contributed by atoms with van der Waals surface area (Å²) in [7, 11) is 0. The second kappa shape index (κ2) is 7.79. The summed E-state index contributed by atoms with van der Waals surface area (Å²) in [6.07, 6.45) is 9.54. The fourth-order valence-corrected chi connectivity index (χ4v) is 4.46. The molecule has 0 N–H and O–H groups in total. The average Bonchev–Trinajstić information content (AvgIpc) is 3.14. The van der Waals surface area contributed by atoms with Gasteiger partial charge in [-0.2, -0.15) is 0 Å². The number of amides is 1. The second-order valence-corrected chi connectivity index (χ2v) is 7.98. The standard InChI is InChI=1S/C21H28N4O2/c1-14-12-19(27-24-14)18-13-22-15(2)23-20(18)16-8-10-25(11-9-16)21(26)17-6-4-3-5-7-17/h12-13,16-17H,3-11H2,1-2H3. The Kier molecular flexibility index (Phi) is 5.23. The number of hydrogen-bond donors (Lipinski definition) is 0. The van der Waals surface area contributed by atoms with E-state index in [1.165, 1.54) is 19.3 Å². The minimum atomic E-state index is 0.254. The van der Waals surface area contributed by atoms with Crippen LogP contribution in [-0.2, 0) is 4.79 Å². The van der Waals surface area contributed by atoms with E-state index in [9.17, 15) is 4.79 Å². The van der Waals surface area contributed by atoms with Gasteiger partial charge in [-0.3, -0.25) is 4.79 Å². The maximum absolute atomic E-state index is 12.8. The van der Waals surface area contributed by atoms with Crippen molar-refractivity contribution in [2.24, 2.45) is 5.92 Å². The monoisotopic (exact) mass is 368 g/mol. The zero-order valence-electron chi connectivity index (χ0n) is 16.3.